The number of rotatable bonds is 12. The van der Waals surface area contributed by atoms with E-state index in [-0.39, 0.29) is 54.4 Å². The van der Waals surface area contributed by atoms with Gasteiger partial charge in [0.15, 0.2) is 5.78 Å². The Hall–Kier alpha value is -3.60. The molecule has 2 atom stereocenters. The molecule has 0 radical (unpaired) electrons. The smallest absolute Gasteiger partial charge is 0.246 e. The zero-order valence-electron chi connectivity index (χ0n) is 27.4. The Kier molecular flexibility index (Phi) is 11.5. The van der Waals surface area contributed by atoms with Gasteiger partial charge in [-0.15, -0.1) is 0 Å². The number of Topliss-reactive ketones (excluding diaryl/α,β-unsaturated/α-hetero) is 1. The van der Waals surface area contributed by atoms with Crippen LogP contribution in [0.4, 0.5) is 10.1 Å². The molecule has 45 heavy (non-hydrogen) atoms. The normalized spacial score (nSPS) is 18.7. The largest absolute Gasteiger partial charge is 0.344 e. The molecule has 246 valence electrons. The highest BCUT2D eigenvalue weighted by Gasteiger charge is 2.39. The van der Waals surface area contributed by atoms with Crippen LogP contribution < -0.4 is 10.6 Å². The Morgan fingerprint density at radius 3 is 2.44 bits per heavy atom. The summed E-state index contributed by atoms with van der Waals surface area (Å²) in [5.74, 6) is -2.15. The molecule has 3 amide bonds. The van der Waals surface area contributed by atoms with E-state index in [0.717, 1.165) is 38.6 Å². The summed E-state index contributed by atoms with van der Waals surface area (Å²) in [6.07, 6.45) is 6.75. The minimum atomic E-state index is -0.849. The van der Waals surface area contributed by atoms with Crippen molar-refractivity contribution in [1.29, 1.82) is 0 Å². The number of amides is 3. The molecule has 2 N–H and O–H groups in total. The van der Waals surface area contributed by atoms with Crippen molar-refractivity contribution in [2.24, 2.45) is 11.8 Å². The Balaban J connectivity index is 1.50. The number of ketones is 1. The summed E-state index contributed by atoms with van der Waals surface area (Å²) < 4.78 is 17.1. The molecule has 1 aliphatic heterocycles. The maximum atomic E-state index is 15.5. The van der Waals surface area contributed by atoms with E-state index in [4.69, 9.17) is 0 Å². The SMILES string of the molecule is CCC(=O)N[C@H](Cc1ccc(NC(=O)[C@@H](CC(=O)c2ccnn2CC)C2CCCCC2)c(F)c1)C(=O)N1CCN(C)CC1(C)C. The zero-order valence-corrected chi connectivity index (χ0v) is 27.4. The number of anilines is 1. The van der Waals surface area contributed by atoms with Crippen molar-refractivity contribution in [3.8, 4) is 0 Å². The van der Waals surface area contributed by atoms with Crippen LogP contribution in [0.15, 0.2) is 30.5 Å². The number of hydrogen-bond acceptors (Lipinski definition) is 6. The minimum absolute atomic E-state index is 0.0243. The fourth-order valence-corrected chi connectivity index (χ4v) is 6.88. The van der Waals surface area contributed by atoms with Crippen molar-refractivity contribution in [2.45, 2.75) is 97.2 Å². The summed E-state index contributed by atoms with van der Waals surface area (Å²) in [6.45, 7) is 10.1. The molecule has 2 aliphatic rings. The van der Waals surface area contributed by atoms with Gasteiger partial charge >= 0.3 is 0 Å². The summed E-state index contributed by atoms with van der Waals surface area (Å²) in [6, 6.07) is 5.30. The first-order valence-electron chi connectivity index (χ1n) is 16.4. The van der Waals surface area contributed by atoms with E-state index in [9.17, 15) is 19.2 Å². The molecular formula is C34H49FN6O4. The third kappa shape index (κ3) is 8.56. The second-order valence-corrected chi connectivity index (χ2v) is 13.2. The average molecular weight is 625 g/mol. The molecule has 1 aliphatic carbocycles. The van der Waals surface area contributed by atoms with Crippen LogP contribution in [0, 0.1) is 17.7 Å². The van der Waals surface area contributed by atoms with E-state index in [2.05, 4.69) is 20.6 Å². The average Bonchev–Trinajstić information content (AvgIpc) is 3.49. The number of benzene rings is 1. The quantitative estimate of drug-likeness (QED) is 0.338. The molecule has 1 aromatic heterocycles. The summed E-state index contributed by atoms with van der Waals surface area (Å²) in [5, 5.41) is 9.80. The Labute approximate surface area is 266 Å². The predicted molar refractivity (Wildman–Crippen MR) is 171 cm³/mol. The van der Waals surface area contributed by atoms with Gasteiger partial charge in [0.2, 0.25) is 17.7 Å². The van der Waals surface area contributed by atoms with Crippen LogP contribution in [0.25, 0.3) is 0 Å². The van der Waals surface area contributed by atoms with Crippen LogP contribution in [0.3, 0.4) is 0 Å². The number of carbonyl (C=O) groups is 4. The Bertz CT molecular complexity index is 1370. The van der Waals surface area contributed by atoms with Crippen molar-refractivity contribution in [3.63, 3.8) is 0 Å². The lowest BCUT2D eigenvalue weighted by Crippen LogP contribution is -2.64. The number of nitrogens with one attached hydrogen (secondary N) is 2. The van der Waals surface area contributed by atoms with E-state index in [1.807, 2.05) is 27.8 Å². The molecule has 2 fully saturated rings. The lowest BCUT2D eigenvalue weighted by molar-refractivity contribution is -0.144. The summed E-state index contributed by atoms with van der Waals surface area (Å²) in [4.78, 5) is 57.0. The van der Waals surface area contributed by atoms with Crippen molar-refractivity contribution in [3.05, 3.63) is 47.5 Å². The van der Waals surface area contributed by atoms with E-state index >= 15 is 4.39 Å². The van der Waals surface area contributed by atoms with Crippen LogP contribution in [-0.4, -0.2) is 81.3 Å². The summed E-state index contributed by atoms with van der Waals surface area (Å²) >= 11 is 0. The molecule has 2 aromatic rings. The third-order valence-electron chi connectivity index (χ3n) is 9.31. The van der Waals surface area contributed by atoms with Gasteiger partial charge < -0.3 is 20.4 Å². The van der Waals surface area contributed by atoms with E-state index in [0.29, 0.717) is 30.9 Å². The van der Waals surface area contributed by atoms with Gasteiger partial charge in [0, 0.05) is 57.6 Å². The number of aryl methyl sites for hydroxylation is 1. The van der Waals surface area contributed by atoms with Crippen LogP contribution in [-0.2, 0) is 27.3 Å². The highest BCUT2D eigenvalue weighted by Crippen LogP contribution is 2.34. The zero-order chi connectivity index (χ0) is 32.7. The number of nitrogens with zero attached hydrogens (tertiary/aromatic N) is 4. The predicted octanol–water partition coefficient (Wildman–Crippen LogP) is 4.44. The van der Waals surface area contributed by atoms with Gasteiger partial charge in [0.1, 0.15) is 17.6 Å². The fraction of sp³-hybridized carbons (Fsp3) is 0.618. The van der Waals surface area contributed by atoms with Crippen molar-refractivity contribution < 1.29 is 23.6 Å². The second kappa shape index (κ2) is 15.1. The van der Waals surface area contributed by atoms with Crippen LogP contribution >= 0.6 is 0 Å². The van der Waals surface area contributed by atoms with E-state index in [1.54, 1.807) is 34.8 Å². The van der Waals surface area contributed by atoms with Gasteiger partial charge in [-0.1, -0.05) is 32.3 Å². The number of carbonyl (C=O) groups excluding carboxylic acids is 4. The Morgan fingerprint density at radius 2 is 1.80 bits per heavy atom. The van der Waals surface area contributed by atoms with Gasteiger partial charge in [-0.2, -0.15) is 5.10 Å². The van der Waals surface area contributed by atoms with Gasteiger partial charge in [-0.3, -0.25) is 23.9 Å². The van der Waals surface area contributed by atoms with Crippen LogP contribution in [0.2, 0.25) is 0 Å². The van der Waals surface area contributed by atoms with E-state index < -0.39 is 23.3 Å². The number of hydrogen-bond donors (Lipinski definition) is 2. The minimum Gasteiger partial charge on any atom is -0.344 e. The van der Waals surface area contributed by atoms with Gasteiger partial charge in [0.25, 0.3) is 0 Å². The van der Waals surface area contributed by atoms with Crippen LogP contribution in [0.5, 0.6) is 0 Å². The second-order valence-electron chi connectivity index (χ2n) is 13.2. The number of aromatic nitrogens is 2. The number of likely N-dealkylation sites (N-methyl/N-ethyl adjacent to an activating group) is 1. The molecule has 1 saturated carbocycles. The molecular weight excluding hydrogens is 575 g/mol. The topological polar surface area (TPSA) is 117 Å². The number of piperazine rings is 1. The first-order valence-corrected chi connectivity index (χ1v) is 16.4. The first kappa shape index (κ1) is 34.3. The van der Waals surface area contributed by atoms with Crippen molar-refractivity contribution >= 4 is 29.2 Å². The molecule has 10 nitrogen and oxygen atoms in total. The van der Waals surface area contributed by atoms with Crippen molar-refractivity contribution in [2.75, 3.05) is 32.0 Å². The van der Waals surface area contributed by atoms with Crippen molar-refractivity contribution in [1.82, 2.24) is 24.9 Å². The fourth-order valence-electron chi connectivity index (χ4n) is 6.88. The Morgan fingerprint density at radius 1 is 1.07 bits per heavy atom. The molecule has 2 heterocycles. The lowest BCUT2D eigenvalue weighted by Gasteiger charge is -2.47. The monoisotopic (exact) mass is 624 g/mol. The van der Waals surface area contributed by atoms with Gasteiger partial charge in [-0.25, -0.2) is 4.39 Å². The molecule has 0 spiro atoms. The summed E-state index contributed by atoms with van der Waals surface area (Å²) in [5.41, 5.74) is 0.599. The van der Waals surface area contributed by atoms with Crippen LogP contribution in [0.1, 0.15) is 88.7 Å². The molecule has 1 aromatic carbocycles. The molecule has 0 bridgehead atoms. The maximum absolute atomic E-state index is 15.5. The molecule has 1 saturated heterocycles. The molecule has 4 rings (SSSR count). The van der Waals surface area contributed by atoms with Gasteiger partial charge in [0.05, 0.1) is 11.2 Å². The first-order chi connectivity index (χ1) is 21.4. The maximum Gasteiger partial charge on any atom is 0.246 e. The number of halogens is 1. The highest BCUT2D eigenvalue weighted by molar-refractivity contribution is 6.00. The third-order valence-corrected chi connectivity index (χ3v) is 9.31. The highest BCUT2D eigenvalue weighted by atomic mass is 19.1. The molecule has 0 unspecified atom stereocenters. The standard InChI is InChI=1S/C34H49FN6O4/c1-6-31(43)37-28(33(45)40-18-17-39(5)22-34(40,3)4)20-23-13-14-27(26(35)19-23)38-32(44)25(24-11-9-8-10-12-24)21-30(42)29-15-16-36-41(29)7-2/h13-16,19,24-25,28H,6-12,17-18,20-22H2,1-5H3,(H,37,43)(H,38,44)/t25-,28+/m0/s1. The van der Waals surface area contributed by atoms with E-state index in [1.165, 1.54) is 12.1 Å². The molecule has 11 heteroatoms. The summed E-state index contributed by atoms with van der Waals surface area (Å²) in [7, 11) is 2.01. The van der Waals surface area contributed by atoms with Gasteiger partial charge in [-0.05, 0) is 70.3 Å². The lowest BCUT2D eigenvalue weighted by atomic mass is 9.77.